The first-order valence-corrected chi connectivity index (χ1v) is 8.65. The molecule has 23 heavy (non-hydrogen) atoms. The average Bonchev–Trinajstić information content (AvgIpc) is 2.61. The number of aliphatic hydroxyl groups excluding tert-OH is 1. The molecule has 0 bridgehead atoms. The van der Waals surface area contributed by atoms with E-state index >= 15 is 0 Å². The van der Waals surface area contributed by atoms with Crippen molar-refractivity contribution in [1.29, 1.82) is 0 Å². The van der Waals surface area contributed by atoms with Crippen LogP contribution >= 0.6 is 0 Å². The number of carbonyl (C=O) groups excluding carboxylic acids is 1. The Morgan fingerprint density at radius 3 is 2.70 bits per heavy atom. The van der Waals surface area contributed by atoms with Crippen molar-refractivity contribution in [1.82, 2.24) is 4.90 Å². The number of rotatable bonds is 6. The number of ether oxygens (including phenoxy) is 1. The lowest BCUT2D eigenvalue weighted by Gasteiger charge is -2.39. The van der Waals surface area contributed by atoms with E-state index in [4.69, 9.17) is 4.74 Å². The molecule has 4 atom stereocenters. The second-order valence-electron chi connectivity index (χ2n) is 6.60. The summed E-state index contributed by atoms with van der Waals surface area (Å²) in [5.41, 5.74) is 0.889. The molecule has 1 N–H and O–H groups in total. The molecule has 2 rings (SSSR count). The number of hydrogen-bond donors (Lipinski definition) is 1. The maximum atomic E-state index is 12.8. The smallest absolute Gasteiger partial charge is 0.226 e. The van der Waals surface area contributed by atoms with Crippen molar-refractivity contribution in [3.63, 3.8) is 0 Å². The second-order valence-corrected chi connectivity index (χ2v) is 6.60. The van der Waals surface area contributed by atoms with E-state index in [-0.39, 0.29) is 17.9 Å². The minimum absolute atomic E-state index is 0.00877. The number of morpholine rings is 1. The van der Waals surface area contributed by atoms with E-state index in [0.717, 1.165) is 12.0 Å². The molecule has 128 valence electrons. The average molecular weight is 319 g/mol. The van der Waals surface area contributed by atoms with Crippen molar-refractivity contribution in [2.24, 2.45) is 11.8 Å². The van der Waals surface area contributed by atoms with Gasteiger partial charge in [-0.3, -0.25) is 4.79 Å². The molecule has 1 aliphatic rings. The third-order valence-corrected chi connectivity index (χ3v) is 5.08. The van der Waals surface area contributed by atoms with Gasteiger partial charge in [-0.1, -0.05) is 57.5 Å². The Morgan fingerprint density at radius 2 is 2.04 bits per heavy atom. The van der Waals surface area contributed by atoms with Crippen LogP contribution in [-0.2, 0) is 9.53 Å². The Balaban J connectivity index is 2.05. The fraction of sp³-hybridized carbons (Fsp3) is 0.632. The predicted molar refractivity (Wildman–Crippen MR) is 91.0 cm³/mol. The Hall–Kier alpha value is -1.39. The quantitative estimate of drug-likeness (QED) is 0.877. The first-order valence-electron chi connectivity index (χ1n) is 8.65. The van der Waals surface area contributed by atoms with E-state index in [9.17, 15) is 9.90 Å². The Labute approximate surface area is 139 Å². The standard InChI is InChI=1S/C19H29NO3/c1-4-14(2)15(3)19(22)20-10-11-23-13-17(20)12-18(21)16-8-6-5-7-9-16/h5-9,14-15,17-18,21H,4,10-13H2,1-3H3. The molecule has 1 aromatic carbocycles. The van der Waals surface area contributed by atoms with Gasteiger partial charge in [-0.25, -0.2) is 0 Å². The summed E-state index contributed by atoms with van der Waals surface area (Å²) in [7, 11) is 0. The Kier molecular flexibility index (Phi) is 6.60. The fourth-order valence-corrected chi connectivity index (χ4v) is 3.07. The molecule has 1 saturated heterocycles. The third-order valence-electron chi connectivity index (χ3n) is 5.08. The molecule has 0 radical (unpaired) electrons. The van der Waals surface area contributed by atoms with Gasteiger partial charge in [0.2, 0.25) is 5.91 Å². The van der Waals surface area contributed by atoms with Gasteiger partial charge in [0, 0.05) is 18.9 Å². The van der Waals surface area contributed by atoms with Gasteiger partial charge in [-0.15, -0.1) is 0 Å². The van der Waals surface area contributed by atoms with Gasteiger partial charge in [0.1, 0.15) is 0 Å². The largest absolute Gasteiger partial charge is 0.388 e. The summed E-state index contributed by atoms with van der Waals surface area (Å²) >= 11 is 0. The van der Waals surface area contributed by atoms with E-state index < -0.39 is 6.10 Å². The van der Waals surface area contributed by atoms with Crippen LogP contribution < -0.4 is 0 Å². The van der Waals surface area contributed by atoms with Crippen molar-refractivity contribution < 1.29 is 14.6 Å². The fourth-order valence-electron chi connectivity index (χ4n) is 3.07. The van der Waals surface area contributed by atoms with Gasteiger partial charge in [0.15, 0.2) is 0 Å². The highest BCUT2D eigenvalue weighted by Gasteiger charge is 2.33. The number of amides is 1. The first-order chi connectivity index (χ1) is 11.0. The van der Waals surface area contributed by atoms with Crippen LogP contribution in [0.5, 0.6) is 0 Å². The molecule has 0 aromatic heterocycles. The normalized spacial score (nSPS) is 22.4. The van der Waals surface area contributed by atoms with Gasteiger partial charge in [-0.2, -0.15) is 0 Å². The van der Waals surface area contributed by atoms with Crippen LogP contribution in [0.15, 0.2) is 30.3 Å². The molecule has 1 fully saturated rings. The maximum absolute atomic E-state index is 12.8. The monoisotopic (exact) mass is 319 g/mol. The summed E-state index contributed by atoms with van der Waals surface area (Å²) in [6.45, 7) is 7.95. The lowest BCUT2D eigenvalue weighted by molar-refractivity contribution is -0.146. The van der Waals surface area contributed by atoms with Crippen molar-refractivity contribution >= 4 is 5.91 Å². The lowest BCUT2D eigenvalue weighted by atomic mass is 9.91. The highest BCUT2D eigenvalue weighted by Crippen LogP contribution is 2.25. The Morgan fingerprint density at radius 1 is 1.35 bits per heavy atom. The first kappa shape index (κ1) is 18.0. The minimum atomic E-state index is -0.572. The second kappa shape index (κ2) is 8.46. The van der Waals surface area contributed by atoms with E-state index in [1.165, 1.54) is 0 Å². The zero-order valence-electron chi connectivity index (χ0n) is 14.4. The molecule has 1 aliphatic heterocycles. The van der Waals surface area contributed by atoms with Crippen molar-refractivity contribution in [2.75, 3.05) is 19.8 Å². The predicted octanol–water partition coefficient (Wildman–Crippen LogP) is 3.02. The molecule has 1 amide bonds. The molecule has 4 heteroatoms. The van der Waals surface area contributed by atoms with Crippen molar-refractivity contribution in [3.8, 4) is 0 Å². The van der Waals surface area contributed by atoms with Crippen LogP contribution in [0.3, 0.4) is 0 Å². The number of hydrogen-bond acceptors (Lipinski definition) is 3. The highest BCUT2D eigenvalue weighted by molar-refractivity contribution is 5.79. The van der Waals surface area contributed by atoms with Crippen LogP contribution in [-0.4, -0.2) is 41.7 Å². The van der Waals surface area contributed by atoms with Crippen LogP contribution in [0, 0.1) is 11.8 Å². The Bertz CT molecular complexity index is 491. The van der Waals surface area contributed by atoms with Gasteiger partial charge in [0.25, 0.3) is 0 Å². The van der Waals surface area contributed by atoms with Crippen LogP contribution in [0.4, 0.5) is 0 Å². The molecule has 1 aromatic rings. The summed E-state index contributed by atoms with van der Waals surface area (Å²) < 4.78 is 5.56. The highest BCUT2D eigenvalue weighted by atomic mass is 16.5. The zero-order chi connectivity index (χ0) is 16.8. The summed E-state index contributed by atoms with van der Waals surface area (Å²) in [5.74, 6) is 0.562. The van der Waals surface area contributed by atoms with Crippen molar-refractivity contribution in [3.05, 3.63) is 35.9 Å². The van der Waals surface area contributed by atoms with E-state index in [1.807, 2.05) is 42.2 Å². The third kappa shape index (κ3) is 4.55. The van der Waals surface area contributed by atoms with E-state index in [1.54, 1.807) is 0 Å². The van der Waals surface area contributed by atoms with E-state index in [0.29, 0.717) is 32.1 Å². The van der Waals surface area contributed by atoms with Gasteiger partial charge in [-0.05, 0) is 11.5 Å². The molecular weight excluding hydrogens is 290 g/mol. The zero-order valence-corrected chi connectivity index (χ0v) is 14.4. The van der Waals surface area contributed by atoms with Gasteiger partial charge >= 0.3 is 0 Å². The number of benzene rings is 1. The molecule has 4 nitrogen and oxygen atoms in total. The van der Waals surface area contributed by atoms with Crippen LogP contribution in [0.25, 0.3) is 0 Å². The molecular formula is C19H29NO3. The number of nitrogens with zero attached hydrogens (tertiary/aromatic N) is 1. The molecule has 0 spiro atoms. The molecule has 4 unspecified atom stereocenters. The number of carbonyl (C=O) groups is 1. The maximum Gasteiger partial charge on any atom is 0.226 e. The van der Waals surface area contributed by atoms with Crippen molar-refractivity contribution in [2.45, 2.75) is 45.8 Å². The minimum Gasteiger partial charge on any atom is -0.388 e. The van der Waals surface area contributed by atoms with Gasteiger partial charge in [0.05, 0.1) is 25.4 Å². The van der Waals surface area contributed by atoms with Crippen LogP contribution in [0.1, 0.15) is 45.3 Å². The molecule has 0 aliphatic carbocycles. The summed E-state index contributed by atoms with van der Waals surface area (Å²) in [6.07, 6.45) is 0.939. The SMILES string of the molecule is CCC(C)C(C)C(=O)N1CCOCC1CC(O)c1ccccc1. The summed E-state index contributed by atoms with van der Waals surface area (Å²) in [6, 6.07) is 9.56. The number of aliphatic hydroxyl groups is 1. The summed E-state index contributed by atoms with van der Waals surface area (Å²) in [4.78, 5) is 14.7. The van der Waals surface area contributed by atoms with E-state index in [2.05, 4.69) is 13.8 Å². The molecule has 1 heterocycles. The van der Waals surface area contributed by atoms with Gasteiger partial charge < -0.3 is 14.7 Å². The topological polar surface area (TPSA) is 49.8 Å². The lowest BCUT2D eigenvalue weighted by Crippen LogP contribution is -2.51. The summed E-state index contributed by atoms with van der Waals surface area (Å²) in [5, 5.41) is 10.5. The molecule has 0 saturated carbocycles. The van der Waals surface area contributed by atoms with Crippen LogP contribution in [0.2, 0.25) is 0 Å².